The van der Waals surface area contributed by atoms with E-state index in [0.717, 1.165) is 50.6 Å². The summed E-state index contributed by atoms with van der Waals surface area (Å²) in [5, 5.41) is 9.77. The molecule has 0 amide bonds. The van der Waals surface area contributed by atoms with Crippen molar-refractivity contribution in [3.05, 3.63) is 23.8 Å². The van der Waals surface area contributed by atoms with Gasteiger partial charge in [0, 0.05) is 26.3 Å². The second-order valence-electron chi connectivity index (χ2n) is 5.26. The number of methoxy groups -OCH3 is 1. The minimum atomic E-state index is 0.208. The smallest absolute Gasteiger partial charge is 0.160 e. The maximum absolute atomic E-state index is 9.77. The van der Waals surface area contributed by atoms with Crippen LogP contribution in [0.2, 0.25) is 0 Å². The second kappa shape index (κ2) is 6.78. The number of hydrogen-bond donors (Lipinski definition) is 1. The van der Waals surface area contributed by atoms with Gasteiger partial charge in [-0.2, -0.15) is 0 Å². The lowest BCUT2D eigenvalue weighted by Crippen LogP contribution is -2.29. The van der Waals surface area contributed by atoms with Crippen molar-refractivity contribution in [2.24, 2.45) is 5.92 Å². The van der Waals surface area contributed by atoms with Crippen LogP contribution in [0.3, 0.4) is 0 Å². The lowest BCUT2D eigenvalue weighted by atomic mass is 10.00. The van der Waals surface area contributed by atoms with Crippen LogP contribution in [0.15, 0.2) is 18.2 Å². The molecule has 4 nitrogen and oxygen atoms in total. The SMILES string of the molecule is COc1ccc(CN(C)CC2CCOCC2)cc1O. The first kappa shape index (κ1) is 14.2. The van der Waals surface area contributed by atoms with E-state index in [-0.39, 0.29) is 5.75 Å². The molecule has 1 heterocycles. The van der Waals surface area contributed by atoms with E-state index >= 15 is 0 Å². The van der Waals surface area contributed by atoms with Crippen molar-refractivity contribution in [3.63, 3.8) is 0 Å². The summed E-state index contributed by atoms with van der Waals surface area (Å²) < 4.78 is 10.4. The van der Waals surface area contributed by atoms with Crippen LogP contribution in [0, 0.1) is 5.92 Å². The zero-order chi connectivity index (χ0) is 13.7. The molecular formula is C15H23NO3. The van der Waals surface area contributed by atoms with Gasteiger partial charge in [-0.25, -0.2) is 0 Å². The zero-order valence-corrected chi connectivity index (χ0v) is 11.8. The molecule has 1 N–H and O–H groups in total. The second-order valence-corrected chi connectivity index (χ2v) is 5.26. The van der Waals surface area contributed by atoms with Crippen molar-refractivity contribution in [1.29, 1.82) is 0 Å². The molecule has 0 spiro atoms. The standard InChI is InChI=1S/C15H23NO3/c1-16(10-12-5-7-19-8-6-12)11-13-3-4-15(18-2)14(17)9-13/h3-4,9,12,17H,5-8,10-11H2,1-2H3. The van der Waals surface area contributed by atoms with Gasteiger partial charge in [-0.3, -0.25) is 0 Å². The predicted octanol–water partition coefficient (Wildman–Crippen LogP) is 2.26. The van der Waals surface area contributed by atoms with E-state index < -0.39 is 0 Å². The summed E-state index contributed by atoms with van der Waals surface area (Å²) in [7, 11) is 3.68. The number of nitrogens with zero attached hydrogens (tertiary/aromatic N) is 1. The van der Waals surface area contributed by atoms with Crippen LogP contribution in [0.5, 0.6) is 11.5 Å². The number of rotatable bonds is 5. The topological polar surface area (TPSA) is 41.9 Å². The molecule has 0 unspecified atom stereocenters. The fraction of sp³-hybridized carbons (Fsp3) is 0.600. The average Bonchev–Trinajstić information content (AvgIpc) is 2.40. The molecule has 1 aliphatic rings. The van der Waals surface area contributed by atoms with Crippen molar-refractivity contribution in [1.82, 2.24) is 4.90 Å². The van der Waals surface area contributed by atoms with Crippen molar-refractivity contribution in [3.8, 4) is 11.5 Å². The highest BCUT2D eigenvalue weighted by Gasteiger charge is 2.16. The highest BCUT2D eigenvalue weighted by Crippen LogP contribution is 2.27. The quantitative estimate of drug-likeness (QED) is 0.886. The number of phenolic OH excluding ortho intramolecular Hbond substituents is 1. The molecular weight excluding hydrogens is 242 g/mol. The third-order valence-electron chi connectivity index (χ3n) is 3.61. The Hall–Kier alpha value is -1.26. The van der Waals surface area contributed by atoms with Gasteiger partial charge >= 0.3 is 0 Å². The molecule has 1 aromatic rings. The lowest BCUT2D eigenvalue weighted by molar-refractivity contribution is 0.0549. The van der Waals surface area contributed by atoms with Gasteiger partial charge in [0.15, 0.2) is 11.5 Å². The zero-order valence-electron chi connectivity index (χ0n) is 11.8. The molecule has 0 saturated carbocycles. The summed E-state index contributed by atoms with van der Waals surface area (Å²) in [6.07, 6.45) is 2.30. The van der Waals surface area contributed by atoms with Crippen molar-refractivity contribution in [2.75, 3.05) is 33.9 Å². The highest BCUT2D eigenvalue weighted by atomic mass is 16.5. The van der Waals surface area contributed by atoms with Gasteiger partial charge in [0.05, 0.1) is 7.11 Å². The summed E-state index contributed by atoms with van der Waals surface area (Å²) in [6.45, 7) is 3.70. The van der Waals surface area contributed by atoms with Crippen molar-refractivity contribution < 1.29 is 14.6 Å². The molecule has 1 aromatic carbocycles. The van der Waals surface area contributed by atoms with Crippen LogP contribution in [0.25, 0.3) is 0 Å². The maximum atomic E-state index is 9.77. The van der Waals surface area contributed by atoms with E-state index in [0.29, 0.717) is 5.75 Å². The molecule has 4 heteroatoms. The number of ether oxygens (including phenoxy) is 2. The Morgan fingerprint density at radius 3 is 2.74 bits per heavy atom. The minimum absolute atomic E-state index is 0.208. The Labute approximate surface area is 114 Å². The van der Waals surface area contributed by atoms with Crippen LogP contribution in [0.1, 0.15) is 18.4 Å². The van der Waals surface area contributed by atoms with Crippen LogP contribution in [0.4, 0.5) is 0 Å². The first-order valence-corrected chi connectivity index (χ1v) is 6.81. The molecule has 0 radical (unpaired) electrons. The number of benzene rings is 1. The number of phenols is 1. The van der Waals surface area contributed by atoms with Crippen LogP contribution in [-0.4, -0.2) is 43.9 Å². The van der Waals surface area contributed by atoms with Crippen LogP contribution < -0.4 is 4.74 Å². The van der Waals surface area contributed by atoms with E-state index in [1.165, 1.54) is 0 Å². The van der Waals surface area contributed by atoms with E-state index in [1.54, 1.807) is 13.2 Å². The normalized spacial score (nSPS) is 16.8. The fourth-order valence-corrected chi connectivity index (χ4v) is 2.58. The van der Waals surface area contributed by atoms with E-state index in [2.05, 4.69) is 11.9 Å². The Morgan fingerprint density at radius 2 is 2.11 bits per heavy atom. The summed E-state index contributed by atoms with van der Waals surface area (Å²) in [5.74, 6) is 1.46. The minimum Gasteiger partial charge on any atom is -0.504 e. The molecule has 0 aromatic heterocycles. The summed E-state index contributed by atoms with van der Waals surface area (Å²) in [6, 6.07) is 5.59. The molecule has 19 heavy (non-hydrogen) atoms. The lowest BCUT2D eigenvalue weighted by Gasteiger charge is -2.27. The Morgan fingerprint density at radius 1 is 1.37 bits per heavy atom. The molecule has 0 aliphatic carbocycles. The van der Waals surface area contributed by atoms with Crippen LogP contribution in [-0.2, 0) is 11.3 Å². The number of aromatic hydroxyl groups is 1. The van der Waals surface area contributed by atoms with Gasteiger partial charge in [-0.15, -0.1) is 0 Å². The molecule has 2 rings (SSSR count). The Balaban J connectivity index is 1.87. The van der Waals surface area contributed by atoms with Gasteiger partial charge in [-0.1, -0.05) is 6.07 Å². The first-order valence-electron chi connectivity index (χ1n) is 6.81. The van der Waals surface area contributed by atoms with Gasteiger partial charge in [-0.05, 0) is 43.5 Å². The summed E-state index contributed by atoms with van der Waals surface area (Å²) in [5.41, 5.74) is 1.10. The average molecular weight is 265 g/mol. The molecule has 106 valence electrons. The molecule has 1 aliphatic heterocycles. The van der Waals surface area contributed by atoms with Gasteiger partial charge in [0.1, 0.15) is 0 Å². The monoisotopic (exact) mass is 265 g/mol. The maximum Gasteiger partial charge on any atom is 0.160 e. The van der Waals surface area contributed by atoms with Crippen molar-refractivity contribution >= 4 is 0 Å². The molecule has 0 atom stereocenters. The van der Waals surface area contributed by atoms with E-state index in [4.69, 9.17) is 9.47 Å². The Bertz CT molecular complexity index is 402. The Kier molecular flexibility index (Phi) is 5.05. The van der Waals surface area contributed by atoms with Gasteiger partial charge < -0.3 is 19.5 Å². The molecule has 0 bridgehead atoms. The largest absolute Gasteiger partial charge is 0.504 e. The van der Waals surface area contributed by atoms with Crippen molar-refractivity contribution in [2.45, 2.75) is 19.4 Å². The molecule has 1 saturated heterocycles. The summed E-state index contributed by atoms with van der Waals surface area (Å²) >= 11 is 0. The molecule has 1 fully saturated rings. The van der Waals surface area contributed by atoms with Crippen LogP contribution >= 0.6 is 0 Å². The predicted molar refractivity (Wildman–Crippen MR) is 74.5 cm³/mol. The van der Waals surface area contributed by atoms with E-state index in [9.17, 15) is 5.11 Å². The summed E-state index contributed by atoms with van der Waals surface area (Å²) in [4.78, 5) is 2.30. The fourth-order valence-electron chi connectivity index (χ4n) is 2.58. The third-order valence-corrected chi connectivity index (χ3v) is 3.61. The first-order chi connectivity index (χ1) is 9.19. The van der Waals surface area contributed by atoms with Gasteiger partial charge in [0.2, 0.25) is 0 Å². The van der Waals surface area contributed by atoms with E-state index in [1.807, 2.05) is 12.1 Å². The highest BCUT2D eigenvalue weighted by molar-refractivity contribution is 5.41. The number of hydrogen-bond acceptors (Lipinski definition) is 4. The third kappa shape index (κ3) is 4.11. The van der Waals surface area contributed by atoms with Gasteiger partial charge in [0.25, 0.3) is 0 Å².